The molecule has 6 nitrogen and oxygen atoms in total. The average molecular weight is 303 g/mol. The van der Waals surface area contributed by atoms with Gasteiger partial charge in [-0.2, -0.15) is 0 Å². The molecule has 0 aliphatic rings. The van der Waals surface area contributed by atoms with Crippen LogP contribution in [0.3, 0.4) is 0 Å². The third kappa shape index (κ3) is 11.2. The molecular weight excluding hydrogens is 274 g/mol. The van der Waals surface area contributed by atoms with Gasteiger partial charge < -0.3 is 20.3 Å². The van der Waals surface area contributed by atoms with Gasteiger partial charge >= 0.3 is 5.97 Å². The number of unbranched alkanes of at least 4 members (excludes halogenated alkanes) is 2. The summed E-state index contributed by atoms with van der Waals surface area (Å²) < 4.78 is 5.53. The van der Waals surface area contributed by atoms with Gasteiger partial charge in [0.15, 0.2) is 0 Å². The van der Waals surface area contributed by atoms with Crippen molar-refractivity contribution in [3.05, 3.63) is 0 Å². The highest BCUT2D eigenvalue weighted by molar-refractivity contribution is 5.83. The molecule has 0 radical (unpaired) electrons. The lowest BCUT2D eigenvalue weighted by Crippen LogP contribution is -2.41. The number of hydrogen-bond acceptors (Lipinski definition) is 4. The van der Waals surface area contributed by atoms with Crippen LogP contribution in [0.1, 0.15) is 52.4 Å². The second-order valence-electron chi connectivity index (χ2n) is 5.40. The molecule has 0 aromatic heterocycles. The lowest BCUT2D eigenvalue weighted by Gasteiger charge is -2.15. The summed E-state index contributed by atoms with van der Waals surface area (Å²) >= 11 is 0. The molecule has 124 valence electrons. The summed E-state index contributed by atoms with van der Waals surface area (Å²) in [4.78, 5) is 22.5. The number of aliphatic hydroxyl groups excluding tert-OH is 1. The summed E-state index contributed by atoms with van der Waals surface area (Å²) in [7, 11) is 0. The third-order valence-corrected chi connectivity index (χ3v) is 3.21. The first-order valence-corrected chi connectivity index (χ1v) is 7.72. The Morgan fingerprint density at radius 3 is 2.52 bits per heavy atom. The molecule has 3 N–H and O–H groups in total. The van der Waals surface area contributed by atoms with Crippen LogP contribution in [0, 0.1) is 5.92 Å². The van der Waals surface area contributed by atoms with E-state index in [0.717, 1.165) is 25.9 Å². The summed E-state index contributed by atoms with van der Waals surface area (Å²) in [6.07, 6.45) is 4.35. The van der Waals surface area contributed by atoms with Gasteiger partial charge in [0.1, 0.15) is 6.04 Å². The highest BCUT2D eigenvalue weighted by atomic mass is 16.5. The van der Waals surface area contributed by atoms with Crippen molar-refractivity contribution < 1.29 is 24.5 Å². The van der Waals surface area contributed by atoms with Crippen molar-refractivity contribution in [2.24, 2.45) is 5.92 Å². The second kappa shape index (κ2) is 12.6. The topological polar surface area (TPSA) is 95.9 Å². The molecule has 0 aliphatic carbocycles. The number of carboxylic acids is 1. The third-order valence-electron chi connectivity index (χ3n) is 3.21. The number of rotatable bonds is 13. The first kappa shape index (κ1) is 19.9. The summed E-state index contributed by atoms with van der Waals surface area (Å²) in [6, 6.07) is -1.01. The van der Waals surface area contributed by atoms with Gasteiger partial charge in [-0.1, -0.05) is 26.7 Å². The molecule has 6 heteroatoms. The lowest BCUT2D eigenvalue weighted by atomic mass is 10.1. The number of aliphatic hydroxyl groups is 1. The maximum atomic E-state index is 11.7. The predicted molar refractivity (Wildman–Crippen MR) is 80.0 cm³/mol. The predicted octanol–water partition coefficient (Wildman–Crippen LogP) is 1.56. The monoisotopic (exact) mass is 303 g/mol. The van der Waals surface area contributed by atoms with E-state index in [2.05, 4.69) is 12.2 Å². The molecule has 0 heterocycles. The van der Waals surface area contributed by atoms with Crippen LogP contribution in [0.25, 0.3) is 0 Å². The molecule has 1 unspecified atom stereocenters. The number of carbonyl (C=O) groups is 2. The van der Waals surface area contributed by atoms with Crippen molar-refractivity contribution in [1.29, 1.82) is 0 Å². The molecule has 0 aromatic rings. The van der Waals surface area contributed by atoms with E-state index in [1.165, 1.54) is 0 Å². The number of aliphatic carboxylic acids is 1. The van der Waals surface area contributed by atoms with Crippen LogP contribution in [-0.2, 0) is 14.3 Å². The molecular formula is C15H29NO5. The zero-order valence-electron chi connectivity index (χ0n) is 13.1. The van der Waals surface area contributed by atoms with Crippen LogP contribution in [0.4, 0.5) is 0 Å². The smallest absolute Gasteiger partial charge is 0.326 e. The molecule has 1 amide bonds. The number of carbonyl (C=O) groups excluding carboxylic acids is 1. The maximum absolute atomic E-state index is 11.7. The summed E-state index contributed by atoms with van der Waals surface area (Å²) in [5.74, 6) is -1.16. The van der Waals surface area contributed by atoms with Gasteiger partial charge in [-0.25, -0.2) is 4.79 Å². The fourth-order valence-electron chi connectivity index (χ4n) is 1.85. The lowest BCUT2D eigenvalue weighted by molar-refractivity contribution is -0.142. The van der Waals surface area contributed by atoms with Crippen molar-refractivity contribution in [3.8, 4) is 0 Å². The van der Waals surface area contributed by atoms with Crippen LogP contribution < -0.4 is 5.32 Å². The van der Waals surface area contributed by atoms with Crippen molar-refractivity contribution in [2.75, 3.05) is 19.8 Å². The van der Waals surface area contributed by atoms with E-state index in [1.54, 1.807) is 0 Å². The Bertz CT molecular complexity index is 296. The van der Waals surface area contributed by atoms with Gasteiger partial charge in [-0.05, 0) is 18.8 Å². The average Bonchev–Trinajstić information content (AvgIpc) is 2.44. The number of carboxylic acid groups (broad SMARTS) is 1. The number of nitrogens with one attached hydrogen (secondary N) is 1. The highest BCUT2D eigenvalue weighted by Crippen LogP contribution is 2.07. The Morgan fingerprint density at radius 1 is 1.24 bits per heavy atom. The molecule has 21 heavy (non-hydrogen) atoms. The fourth-order valence-corrected chi connectivity index (χ4v) is 1.85. The van der Waals surface area contributed by atoms with E-state index in [-0.39, 0.29) is 31.3 Å². The summed E-state index contributed by atoms with van der Waals surface area (Å²) in [5.41, 5.74) is 0. The van der Waals surface area contributed by atoms with Gasteiger partial charge in [0, 0.05) is 32.7 Å². The zero-order valence-corrected chi connectivity index (χ0v) is 13.1. The molecule has 0 bridgehead atoms. The molecule has 0 saturated carbocycles. The van der Waals surface area contributed by atoms with Gasteiger partial charge in [-0.15, -0.1) is 0 Å². The first-order chi connectivity index (χ1) is 10.0. The largest absolute Gasteiger partial charge is 0.480 e. The Kier molecular flexibility index (Phi) is 11.9. The summed E-state index contributed by atoms with van der Waals surface area (Å²) in [5, 5.41) is 20.0. The Balaban J connectivity index is 3.77. The van der Waals surface area contributed by atoms with Gasteiger partial charge in [0.05, 0.1) is 0 Å². The minimum Gasteiger partial charge on any atom is -0.480 e. The quantitative estimate of drug-likeness (QED) is 0.449. The van der Waals surface area contributed by atoms with E-state index in [0.29, 0.717) is 13.0 Å². The Morgan fingerprint density at radius 2 is 1.95 bits per heavy atom. The van der Waals surface area contributed by atoms with Crippen LogP contribution in [0.2, 0.25) is 0 Å². The summed E-state index contributed by atoms with van der Waals surface area (Å²) in [6.45, 7) is 5.26. The van der Waals surface area contributed by atoms with Crippen molar-refractivity contribution in [3.63, 3.8) is 0 Å². The van der Waals surface area contributed by atoms with E-state index < -0.39 is 12.0 Å². The van der Waals surface area contributed by atoms with Crippen LogP contribution in [0.15, 0.2) is 0 Å². The molecule has 0 fully saturated rings. The molecule has 0 saturated heterocycles. The Labute approximate surface area is 126 Å². The maximum Gasteiger partial charge on any atom is 0.326 e. The zero-order chi connectivity index (χ0) is 16.1. The highest BCUT2D eigenvalue weighted by Gasteiger charge is 2.19. The molecule has 0 aliphatic heterocycles. The van der Waals surface area contributed by atoms with Crippen molar-refractivity contribution in [1.82, 2.24) is 5.32 Å². The van der Waals surface area contributed by atoms with Crippen LogP contribution in [0.5, 0.6) is 0 Å². The van der Waals surface area contributed by atoms with Gasteiger partial charge in [0.25, 0.3) is 0 Å². The van der Waals surface area contributed by atoms with Crippen molar-refractivity contribution >= 4 is 11.9 Å². The normalized spacial score (nSPS) is 13.7. The van der Waals surface area contributed by atoms with Gasteiger partial charge in [-0.3, -0.25) is 4.79 Å². The van der Waals surface area contributed by atoms with Crippen molar-refractivity contribution in [2.45, 2.75) is 58.4 Å². The molecule has 0 spiro atoms. The molecule has 2 atom stereocenters. The SMILES string of the molecule is CCCCCOCC(C)CCC(=O)N[C@@H](CCO)C(=O)O. The number of hydrogen-bond donors (Lipinski definition) is 3. The number of ether oxygens (including phenoxy) is 1. The number of amides is 1. The molecule has 0 aromatic carbocycles. The van der Waals surface area contributed by atoms with Crippen LogP contribution >= 0.6 is 0 Å². The minimum absolute atomic E-state index is 0.0250. The standard InChI is InChI=1S/C15H29NO5/c1-3-4-5-10-21-11-12(2)6-7-14(18)16-13(8-9-17)15(19)20/h12-13,17H,3-11H2,1-2H3,(H,16,18)(H,19,20)/t12?,13-/m0/s1. The first-order valence-electron chi connectivity index (χ1n) is 7.72. The van der Waals surface area contributed by atoms with E-state index in [9.17, 15) is 9.59 Å². The van der Waals surface area contributed by atoms with Crippen LogP contribution in [-0.4, -0.2) is 48.0 Å². The minimum atomic E-state index is -1.12. The molecule has 0 rings (SSSR count). The van der Waals surface area contributed by atoms with E-state index in [1.807, 2.05) is 6.92 Å². The fraction of sp³-hybridized carbons (Fsp3) is 0.867. The second-order valence-corrected chi connectivity index (χ2v) is 5.40. The van der Waals surface area contributed by atoms with Gasteiger partial charge in [0.2, 0.25) is 5.91 Å². The van der Waals surface area contributed by atoms with E-state index >= 15 is 0 Å². The van der Waals surface area contributed by atoms with E-state index in [4.69, 9.17) is 14.9 Å². The Hall–Kier alpha value is -1.14.